The number of carbonyl (C=O) groups is 2. The van der Waals surface area contributed by atoms with Crippen molar-refractivity contribution < 1.29 is 27.5 Å². The summed E-state index contributed by atoms with van der Waals surface area (Å²) in [6.45, 7) is 4.76. The Hall–Kier alpha value is -1.53. The first-order valence-electron chi connectivity index (χ1n) is 4.32. The second kappa shape index (κ2) is 5.53. The molecule has 0 saturated carbocycles. The summed E-state index contributed by atoms with van der Waals surface area (Å²) >= 11 is 0. The number of hydrogen-bond donors (Lipinski definition) is 1. The van der Waals surface area contributed by atoms with Crippen LogP contribution in [0.1, 0.15) is 6.92 Å². The van der Waals surface area contributed by atoms with Gasteiger partial charge in [0.05, 0.1) is 7.11 Å². The molecule has 2 atom stereocenters. The molecule has 0 saturated heterocycles. The predicted molar refractivity (Wildman–Crippen MR) is 49.4 cm³/mol. The fourth-order valence-electron chi connectivity index (χ4n) is 0.891. The molecule has 0 aliphatic heterocycles. The third-order valence-electron chi connectivity index (χ3n) is 1.90. The first kappa shape index (κ1) is 14.5. The maximum absolute atomic E-state index is 12.0. The van der Waals surface area contributed by atoms with Gasteiger partial charge in [-0.25, -0.2) is 4.79 Å². The SMILES string of the molecule is C=C[C@H](C)[C@H](NC(=O)C(F)(F)F)C(=O)OC. The van der Waals surface area contributed by atoms with Crippen LogP contribution in [0.25, 0.3) is 0 Å². The van der Waals surface area contributed by atoms with Crippen molar-refractivity contribution in [2.75, 3.05) is 7.11 Å². The van der Waals surface area contributed by atoms with Crippen LogP contribution in [0.2, 0.25) is 0 Å². The fraction of sp³-hybridized carbons (Fsp3) is 0.556. The number of carbonyl (C=O) groups excluding carboxylic acids is 2. The third kappa shape index (κ3) is 3.92. The zero-order valence-corrected chi connectivity index (χ0v) is 8.80. The molecule has 0 aliphatic carbocycles. The van der Waals surface area contributed by atoms with Crippen LogP contribution in [0.4, 0.5) is 13.2 Å². The van der Waals surface area contributed by atoms with Crippen LogP contribution in [-0.4, -0.2) is 31.2 Å². The van der Waals surface area contributed by atoms with Gasteiger partial charge in [-0.1, -0.05) is 13.0 Å². The van der Waals surface area contributed by atoms with Crippen molar-refractivity contribution in [3.05, 3.63) is 12.7 Å². The molecule has 16 heavy (non-hydrogen) atoms. The molecule has 1 amide bonds. The second-order valence-corrected chi connectivity index (χ2v) is 3.07. The summed E-state index contributed by atoms with van der Waals surface area (Å²) in [5.41, 5.74) is 0. The second-order valence-electron chi connectivity index (χ2n) is 3.07. The molecule has 1 N–H and O–H groups in total. The standard InChI is InChI=1S/C9H12F3NO3/c1-4-5(2)6(7(14)16-3)13-8(15)9(10,11)12/h4-6H,1H2,2-3H3,(H,13,15)/t5-,6-/m0/s1. The first-order valence-corrected chi connectivity index (χ1v) is 4.32. The number of hydrogen-bond acceptors (Lipinski definition) is 3. The lowest BCUT2D eigenvalue weighted by molar-refractivity contribution is -0.176. The van der Waals surface area contributed by atoms with Gasteiger partial charge in [0, 0.05) is 5.92 Å². The normalized spacial score (nSPS) is 14.8. The Morgan fingerprint density at radius 2 is 1.94 bits per heavy atom. The molecule has 0 aromatic rings. The van der Waals surface area contributed by atoms with E-state index in [0.29, 0.717) is 0 Å². The van der Waals surface area contributed by atoms with Crippen LogP contribution >= 0.6 is 0 Å². The molecule has 0 rings (SSSR count). The van der Waals surface area contributed by atoms with E-state index < -0.39 is 30.0 Å². The van der Waals surface area contributed by atoms with Gasteiger partial charge in [-0.3, -0.25) is 4.79 Å². The van der Waals surface area contributed by atoms with Crippen molar-refractivity contribution in [2.24, 2.45) is 5.92 Å². The van der Waals surface area contributed by atoms with E-state index in [2.05, 4.69) is 11.3 Å². The smallest absolute Gasteiger partial charge is 0.467 e. The predicted octanol–water partition coefficient (Wildman–Crippen LogP) is 1.03. The fourth-order valence-corrected chi connectivity index (χ4v) is 0.891. The van der Waals surface area contributed by atoms with E-state index in [9.17, 15) is 22.8 Å². The van der Waals surface area contributed by atoms with Gasteiger partial charge in [-0.2, -0.15) is 13.2 Å². The van der Waals surface area contributed by atoms with Crippen LogP contribution in [0.5, 0.6) is 0 Å². The summed E-state index contributed by atoms with van der Waals surface area (Å²) in [6.07, 6.45) is -3.79. The zero-order chi connectivity index (χ0) is 12.9. The van der Waals surface area contributed by atoms with Gasteiger partial charge in [0.25, 0.3) is 0 Å². The minimum atomic E-state index is -5.03. The topological polar surface area (TPSA) is 55.4 Å². The maximum Gasteiger partial charge on any atom is 0.471 e. The molecule has 7 heteroatoms. The Labute approximate surface area is 90.5 Å². The lowest BCUT2D eigenvalue weighted by Gasteiger charge is -2.20. The van der Waals surface area contributed by atoms with Gasteiger partial charge in [0.2, 0.25) is 0 Å². The molecule has 0 aromatic carbocycles. The Morgan fingerprint density at radius 1 is 1.44 bits per heavy atom. The van der Waals surface area contributed by atoms with Crippen LogP contribution < -0.4 is 5.32 Å². The first-order chi connectivity index (χ1) is 7.23. The van der Waals surface area contributed by atoms with Gasteiger partial charge in [0.1, 0.15) is 6.04 Å². The number of alkyl halides is 3. The zero-order valence-electron chi connectivity index (χ0n) is 8.80. The number of amides is 1. The average Bonchev–Trinajstić information content (AvgIpc) is 2.21. The van der Waals surface area contributed by atoms with Crippen LogP contribution in [0.15, 0.2) is 12.7 Å². The Kier molecular flexibility index (Phi) is 5.00. The molecular weight excluding hydrogens is 227 g/mol. The number of esters is 1. The highest BCUT2D eigenvalue weighted by Crippen LogP contribution is 2.16. The Bertz CT molecular complexity index is 288. The van der Waals surface area contributed by atoms with Crippen molar-refractivity contribution in [1.29, 1.82) is 0 Å². The van der Waals surface area contributed by atoms with Gasteiger partial charge < -0.3 is 10.1 Å². The Morgan fingerprint density at radius 3 is 2.25 bits per heavy atom. The number of halogens is 3. The van der Waals surface area contributed by atoms with E-state index in [0.717, 1.165) is 7.11 Å². The van der Waals surface area contributed by atoms with Crippen LogP contribution in [0, 0.1) is 5.92 Å². The van der Waals surface area contributed by atoms with E-state index in [4.69, 9.17) is 0 Å². The highest BCUT2D eigenvalue weighted by atomic mass is 19.4. The molecule has 0 aliphatic rings. The average molecular weight is 239 g/mol. The quantitative estimate of drug-likeness (QED) is 0.588. The van der Waals surface area contributed by atoms with Crippen molar-refractivity contribution in [3.63, 3.8) is 0 Å². The lowest BCUT2D eigenvalue weighted by atomic mass is 10.0. The number of rotatable bonds is 4. The van der Waals surface area contributed by atoms with E-state index in [1.165, 1.54) is 13.0 Å². The minimum Gasteiger partial charge on any atom is -0.467 e. The number of ether oxygens (including phenoxy) is 1. The molecule has 0 unspecified atom stereocenters. The lowest BCUT2D eigenvalue weighted by Crippen LogP contribution is -2.49. The summed E-state index contributed by atoms with van der Waals surface area (Å²) < 4.78 is 40.1. The maximum atomic E-state index is 12.0. The molecular formula is C9H12F3NO3. The van der Waals surface area contributed by atoms with Crippen molar-refractivity contribution in [3.8, 4) is 0 Å². The largest absolute Gasteiger partial charge is 0.471 e. The van der Waals surface area contributed by atoms with Crippen LogP contribution in [-0.2, 0) is 14.3 Å². The molecule has 0 aromatic heterocycles. The van der Waals surface area contributed by atoms with Gasteiger partial charge >= 0.3 is 18.1 Å². The summed E-state index contributed by atoms with van der Waals surface area (Å²) in [5.74, 6) is -3.81. The van der Waals surface area contributed by atoms with Crippen molar-refractivity contribution in [1.82, 2.24) is 5.32 Å². The minimum absolute atomic E-state index is 0.668. The molecule has 92 valence electrons. The monoisotopic (exact) mass is 239 g/mol. The molecule has 0 bridgehead atoms. The highest BCUT2D eigenvalue weighted by Gasteiger charge is 2.41. The summed E-state index contributed by atoms with van der Waals surface area (Å²) in [5, 5.41) is 1.55. The summed E-state index contributed by atoms with van der Waals surface area (Å²) in [7, 11) is 1.02. The van der Waals surface area contributed by atoms with Gasteiger partial charge in [-0.05, 0) is 0 Å². The van der Waals surface area contributed by atoms with Crippen molar-refractivity contribution in [2.45, 2.75) is 19.1 Å². The summed E-state index contributed by atoms with van der Waals surface area (Å²) in [6, 6.07) is -1.39. The number of nitrogens with one attached hydrogen (secondary N) is 1. The molecule has 0 radical (unpaired) electrons. The molecule has 0 fully saturated rings. The van der Waals surface area contributed by atoms with Crippen molar-refractivity contribution >= 4 is 11.9 Å². The summed E-state index contributed by atoms with van der Waals surface area (Å²) in [4.78, 5) is 21.8. The van der Waals surface area contributed by atoms with E-state index in [-0.39, 0.29) is 0 Å². The highest BCUT2D eigenvalue weighted by molar-refractivity contribution is 5.87. The van der Waals surface area contributed by atoms with Gasteiger partial charge in [-0.15, -0.1) is 6.58 Å². The Balaban J connectivity index is 4.75. The molecule has 0 spiro atoms. The third-order valence-corrected chi connectivity index (χ3v) is 1.90. The van der Waals surface area contributed by atoms with Gasteiger partial charge in [0.15, 0.2) is 0 Å². The van der Waals surface area contributed by atoms with E-state index >= 15 is 0 Å². The molecule has 4 nitrogen and oxygen atoms in total. The van der Waals surface area contributed by atoms with E-state index in [1.807, 2.05) is 0 Å². The van der Waals surface area contributed by atoms with Crippen LogP contribution in [0.3, 0.4) is 0 Å². The molecule has 0 heterocycles. The number of methoxy groups -OCH3 is 1. The van der Waals surface area contributed by atoms with E-state index in [1.54, 1.807) is 5.32 Å².